The molecule has 2 N–H and O–H groups in total. The summed E-state index contributed by atoms with van der Waals surface area (Å²) < 4.78 is 5.51. The molecule has 2 amide bonds. The Morgan fingerprint density at radius 2 is 1.95 bits per heavy atom. The van der Waals surface area contributed by atoms with E-state index in [0.29, 0.717) is 12.2 Å². The zero-order valence-corrected chi connectivity index (χ0v) is 12.1. The molecule has 0 saturated heterocycles. The third kappa shape index (κ3) is 6.48. The second-order valence-corrected chi connectivity index (χ2v) is 4.39. The van der Waals surface area contributed by atoms with Crippen LogP contribution in [0.2, 0.25) is 0 Å². The van der Waals surface area contributed by atoms with Gasteiger partial charge in [-0.3, -0.25) is 9.59 Å². The molecule has 1 rings (SSSR count). The summed E-state index contributed by atoms with van der Waals surface area (Å²) in [6.45, 7) is 2.81. The summed E-state index contributed by atoms with van der Waals surface area (Å²) >= 11 is 0. The number of ether oxygens (including phenoxy) is 1. The number of terminal acetylenes is 1. The van der Waals surface area contributed by atoms with Crippen molar-refractivity contribution in [2.24, 2.45) is 0 Å². The van der Waals surface area contributed by atoms with Crippen molar-refractivity contribution in [2.45, 2.75) is 19.8 Å². The lowest BCUT2D eigenvalue weighted by molar-refractivity contribution is -0.119. The number of nitrogens with one attached hydrogen (secondary N) is 2. The van der Waals surface area contributed by atoms with Gasteiger partial charge >= 0.3 is 0 Å². The van der Waals surface area contributed by atoms with E-state index in [1.54, 1.807) is 24.3 Å². The normalized spacial score (nSPS) is 9.52. The van der Waals surface area contributed by atoms with Gasteiger partial charge in [-0.2, -0.15) is 0 Å². The third-order valence-corrected chi connectivity index (χ3v) is 2.68. The maximum Gasteiger partial charge on any atom is 0.251 e. The Bertz CT molecular complexity index is 503. The lowest BCUT2D eigenvalue weighted by Crippen LogP contribution is -2.37. The largest absolute Gasteiger partial charge is 0.494 e. The lowest BCUT2D eigenvalue weighted by atomic mass is 10.2. The fraction of sp³-hybridized carbons (Fsp3) is 0.375. The van der Waals surface area contributed by atoms with Crippen LogP contribution in [0.15, 0.2) is 24.3 Å². The average Bonchev–Trinajstić information content (AvgIpc) is 2.51. The predicted molar refractivity (Wildman–Crippen MR) is 81.0 cm³/mol. The van der Waals surface area contributed by atoms with E-state index in [4.69, 9.17) is 11.2 Å². The van der Waals surface area contributed by atoms with Gasteiger partial charge in [0.25, 0.3) is 5.91 Å². The molecule has 0 saturated carbocycles. The molecular formula is C16H20N2O3. The van der Waals surface area contributed by atoms with Crippen LogP contribution in [-0.4, -0.2) is 31.5 Å². The Morgan fingerprint density at radius 3 is 2.57 bits per heavy atom. The van der Waals surface area contributed by atoms with Crippen molar-refractivity contribution in [3.8, 4) is 18.1 Å². The minimum Gasteiger partial charge on any atom is -0.494 e. The van der Waals surface area contributed by atoms with E-state index in [-0.39, 0.29) is 24.9 Å². The van der Waals surface area contributed by atoms with Crippen molar-refractivity contribution in [1.29, 1.82) is 0 Å². The maximum absolute atomic E-state index is 11.8. The van der Waals surface area contributed by atoms with Crippen molar-refractivity contribution in [1.82, 2.24) is 10.6 Å². The first-order valence-electron chi connectivity index (χ1n) is 6.88. The van der Waals surface area contributed by atoms with E-state index in [2.05, 4.69) is 23.5 Å². The fourth-order valence-electron chi connectivity index (χ4n) is 1.51. The van der Waals surface area contributed by atoms with Gasteiger partial charge in [0.2, 0.25) is 5.91 Å². The summed E-state index contributed by atoms with van der Waals surface area (Å²) in [6.07, 6.45) is 7.08. The first-order chi connectivity index (χ1) is 10.2. The molecule has 1 aromatic carbocycles. The molecule has 0 aromatic heterocycles. The van der Waals surface area contributed by atoms with Gasteiger partial charge in [-0.05, 0) is 30.7 Å². The summed E-state index contributed by atoms with van der Waals surface area (Å²) in [5.74, 6) is 2.38. The maximum atomic E-state index is 11.8. The molecule has 0 bridgehead atoms. The first-order valence-corrected chi connectivity index (χ1v) is 6.88. The second kappa shape index (κ2) is 9.43. The molecule has 0 radical (unpaired) electrons. The predicted octanol–water partition coefficient (Wildman–Crippen LogP) is 1.34. The molecule has 0 aliphatic rings. The topological polar surface area (TPSA) is 67.4 Å². The number of amides is 2. The van der Waals surface area contributed by atoms with Crippen molar-refractivity contribution < 1.29 is 14.3 Å². The van der Waals surface area contributed by atoms with E-state index in [9.17, 15) is 9.59 Å². The summed E-state index contributed by atoms with van der Waals surface area (Å²) in [4.78, 5) is 23.1. The van der Waals surface area contributed by atoms with Crippen LogP contribution < -0.4 is 15.4 Å². The van der Waals surface area contributed by atoms with Crippen LogP contribution in [0.4, 0.5) is 0 Å². The van der Waals surface area contributed by atoms with E-state index < -0.39 is 0 Å². The molecule has 0 aliphatic heterocycles. The highest BCUT2D eigenvalue weighted by atomic mass is 16.5. The number of carbonyl (C=O) groups is 2. The van der Waals surface area contributed by atoms with Gasteiger partial charge in [0.05, 0.1) is 19.7 Å². The molecule has 5 nitrogen and oxygen atoms in total. The summed E-state index contributed by atoms with van der Waals surface area (Å²) in [5.41, 5.74) is 0.475. The third-order valence-electron chi connectivity index (χ3n) is 2.68. The Balaban J connectivity index is 2.40. The smallest absolute Gasteiger partial charge is 0.251 e. The fourth-order valence-corrected chi connectivity index (χ4v) is 1.51. The van der Waals surface area contributed by atoms with Crippen LogP contribution in [0.25, 0.3) is 0 Å². The Kier molecular flexibility index (Phi) is 7.44. The lowest BCUT2D eigenvalue weighted by Gasteiger charge is -2.07. The van der Waals surface area contributed by atoms with Gasteiger partial charge in [0.15, 0.2) is 0 Å². The van der Waals surface area contributed by atoms with Crippen molar-refractivity contribution in [2.75, 3.05) is 19.7 Å². The SMILES string of the molecule is C#CCNC(=O)CNC(=O)c1ccc(OCCCC)cc1. The van der Waals surface area contributed by atoms with Crippen molar-refractivity contribution >= 4 is 11.8 Å². The van der Waals surface area contributed by atoms with Crippen molar-refractivity contribution in [3.05, 3.63) is 29.8 Å². The number of carbonyl (C=O) groups excluding carboxylic acids is 2. The number of unbranched alkanes of at least 4 members (excludes halogenated alkanes) is 1. The van der Waals surface area contributed by atoms with Crippen molar-refractivity contribution in [3.63, 3.8) is 0 Å². The Labute approximate surface area is 125 Å². The number of rotatable bonds is 8. The van der Waals surface area contributed by atoms with E-state index >= 15 is 0 Å². The molecule has 0 unspecified atom stereocenters. The van der Waals surface area contributed by atoms with E-state index in [0.717, 1.165) is 18.6 Å². The first kappa shape index (κ1) is 16.6. The summed E-state index contributed by atoms with van der Waals surface area (Å²) in [7, 11) is 0. The average molecular weight is 288 g/mol. The molecule has 0 fully saturated rings. The van der Waals surface area contributed by atoms with Gasteiger partial charge in [-0.1, -0.05) is 19.3 Å². The minimum atomic E-state index is -0.319. The molecule has 0 aliphatic carbocycles. The molecule has 0 spiro atoms. The van der Waals surface area contributed by atoms with Crippen LogP contribution in [-0.2, 0) is 4.79 Å². The standard InChI is InChI=1S/C16H20N2O3/c1-3-5-11-21-14-8-6-13(7-9-14)16(20)18-12-15(19)17-10-4-2/h2,6-9H,3,5,10-12H2,1H3,(H,17,19)(H,18,20). The molecular weight excluding hydrogens is 268 g/mol. The quantitative estimate of drug-likeness (QED) is 0.560. The highest BCUT2D eigenvalue weighted by molar-refractivity contribution is 5.96. The van der Waals surface area contributed by atoms with Gasteiger partial charge in [-0.15, -0.1) is 6.42 Å². The van der Waals surface area contributed by atoms with Crippen LogP contribution in [0.3, 0.4) is 0 Å². The molecule has 5 heteroatoms. The molecule has 112 valence electrons. The highest BCUT2D eigenvalue weighted by Crippen LogP contribution is 2.12. The summed E-state index contributed by atoms with van der Waals surface area (Å²) in [6, 6.07) is 6.80. The zero-order chi connectivity index (χ0) is 15.5. The van der Waals surface area contributed by atoms with Crippen LogP contribution >= 0.6 is 0 Å². The van der Waals surface area contributed by atoms with E-state index in [1.807, 2.05) is 0 Å². The summed E-state index contributed by atoms with van der Waals surface area (Å²) in [5, 5.41) is 4.99. The highest BCUT2D eigenvalue weighted by Gasteiger charge is 2.07. The monoisotopic (exact) mass is 288 g/mol. The van der Waals surface area contributed by atoms with Crippen LogP contribution in [0, 0.1) is 12.3 Å². The van der Waals surface area contributed by atoms with Gasteiger partial charge < -0.3 is 15.4 Å². The second-order valence-electron chi connectivity index (χ2n) is 4.39. The Hall–Kier alpha value is -2.48. The van der Waals surface area contributed by atoms with Crippen LogP contribution in [0.1, 0.15) is 30.1 Å². The molecule has 0 heterocycles. The van der Waals surface area contributed by atoms with Gasteiger partial charge in [-0.25, -0.2) is 0 Å². The van der Waals surface area contributed by atoms with Crippen LogP contribution in [0.5, 0.6) is 5.75 Å². The number of hydrogen-bond donors (Lipinski definition) is 2. The number of hydrogen-bond acceptors (Lipinski definition) is 3. The minimum absolute atomic E-state index is 0.102. The van der Waals surface area contributed by atoms with Gasteiger partial charge in [0, 0.05) is 5.56 Å². The van der Waals surface area contributed by atoms with Gasteiger partial charge in [0.1, 0.15) is 5.75 Å². The molecule has 0 atom stereocenters. The molecule has 1 aromatic rings. The molecule has 21 heavy (non-hydrogen) atoms. The zero-order valence-electron chi connectivity index (χ0n) is 12.1. The van der Waals surface area contributed by atoms with E-state index in [1.165, 1.54) is 0 Å². The Morgan fingerprint density at radius 1 is 1.24 bits per heavy atom. The number of benzene rings is 1.